The molecule has 2 aromatic rings. The summed E-state index contributed by atoms with van der Waals surface area (Å²) in [5.74, 6) is -1.08. The molecule has 3 N–H and O–H groups in total. The first-order chi connectivity index (χ1) is 10.1. The van der Waals surface area contributed by atoms with Crippen LogP contribution in [0.2, 0.25) is 0 Å². The van der Waals surface area contributed by atoms with E-state index >= 15 is 0 Å². The van der Waals surface area contributed by atoms with Gasteiger partial charge < -0.3 is 15.3 Å². The second-order valence-electron chi connectivity index (χ2n) is 4.48. The van der Waals surface area contributed by atoms with Gasteiger partial charge in [0.2, 0.25) is 0 Å². The Balaban J connectivity index is 1.84. The number of amides is 2. The Morgan fingerprint density at radius 1 is 1.33 bits per heavy atom. The monoisotopic (exact) mass is 289 g/mol. The first-order valence-electron chi connectivity index (χ1n) is 6.21. The standard InChI is InChI=1S/C13H15N5O3/c1-18(8-10-6-16-17-7-10)13(21)15-5-9-2-3-11(12(19)20)14-4-9/h2-4,6-7H,5,8H2,1H3,(H,15,21)(H,16,17)(H,19,20). The molecule has 0 aliphatic rings. The number of nitrogens with one attached hydrogen (secondary N) is 2. The molecule has 0 spiro atoms. The van der Waals surface area contributed by atoms with Crippen LogP contribution in [0.4, 0.5) is 4.79 Å². The molecule has 0 atom stereocenters. The third-order valence-corrected chi connectivity index (χ3v) is 2.81. The number of hydrogen-bond donors (Lipinski definition) is 3. The molecule has 0 radical (unpaired) electrons. The lowest BCUT2D eigenvalue weighted by Crippen LogP contribution is -2.36. The number of nitrogens with zero attached hydrogens (tertiary/aromatic N) is 3. The van der Waals surface area contributed by atoms with Crippen molar-refractivity contribution < 1.29 is 14.7 Å². The highest BCUT2D eigenvalue weighted by molar-refractivity contribution is 5.85. The molecule has 0 aromatic carbocycles. The van der Waals surface area contributed by atoms with E-state index in [-0.39, 0.29) is 18.3 Å². The van der Waals surface area contributed by atoms with Crippen molar-refractivity contribution >= 4 is 12.0 Å². The third-order valence-electron chi connectivity index (χ3n) is 2.81. The minimum Gasteiger partial charge on any atom is -0.477 e. The Bertz CT molecular complexity index is 609. The lowest BCUT2D eigenvalue weighted by Gasteiger charge is -2.17. The van der Waals surface area contributed by atoms with Crippen LogP contribution in [0.3, 0.4) is 0 Å². The minimum atomic E-state index is -1.08. The van der Waals surface area contributed by atoms with Gasteiger partial charge in [0, 0.05) is 31.5 Å². The first-order valence-corrected chi connectivity index (χ1v) is 6.21. The Kier molecular flexibility index (Phi) is 4.50. The van der Waals surface area contributed by atoms with Crippen LogP contribution in [0.25, 0.3) is 0 Å². The number of rotatable bonds is 5. The SMILES string of the molecule is CN(Cc1cn[nH]c1)C(=O)NCc1ccc(C(=O)O)nc1. The smallest absolute Gasteiger partial charge is 0.354 e. The molecule has 2 rings (SSSR count). The molecule has 8 nitrogen and oxygen atoms in total. The molecule has 0 aliphatic heterocycles. The van der Waals surface area contributed by atoms with Crippen LogP contribution in [0.15, 0.2) is 30.7 Å². The van der Waals surface area contributed by atoms with E-state index in [0.29, 0.717) is 6.54 Å². The summed E-state index contributed by atoms with van der Waals surface area (Å²) >= 11 is 0. The van der Waals surface area contributed by atoms with E-state index in [2.05, 4.69) is 20.5 Å². The Morgan fingerprint density at radius 3 is 2.71 bits per heavy atom. The molecule has 2 heterocycles. The summed E-state index contributed by atoms with van der Waals surface area (Å²) in [6.07, 6.45) is 4.80. The molecule has 2 aromatic heterocycles. The van der Waals surface area contributed by atoms with E-state index in [1.54, 1.807) is 25.5 Å². The topological polar surface area (TPSA) is 111 Å². The van der Waals surface area contributed by atoms with Gasteiger partial charge in [-0.2, -0.15) is 5.10 Å². The predicted octanol–water partition coefficient (Wildman–Crippen LogP) is 0.844. The van der Waals surface area contributed by atoms with Gasteiger partial charge in [0.25, 0.3) is 0 Å². The number of pyridine rings is 1. The van der Waals surface area contributed by atoms with Gasteiger partial charge in [-0.15, -0.1) is 0 Å². The number of aromatic carboxylic acids is 1. The van der Waals surface area contributed by atoms with E-state index in [9.17, 15) is 9.59 Å². The van der Waals surface area contributed by atoms with Crippen molar-refractivity contribution in [3.8, 4) is 0 Å². The lowest BCUT2D eigenvalue weighted by atomic mass is 10.2. The summed E-state index contributed by atoms with van der Waals surface area (Å²) in [5, 5.41) is 18.0. The number of carboxylic acid groups (broad SMARTS) is 1. The van der Waals surface area contributed by atoms with Crippen molar-refractivity contribution in [3.63, 3.8) is 0 Å². The van der Waals surface area contributed by atoms with E-state index in [4.69, 9.17) is 5.11 Å². The van der Waals surface area contributed by atoms with Crippen LogP contribution in [0.1, 0.15) is 21.6 Å². The fourth-order valence-electron chi connectivity index (χ4n) is 1.68. The maximum atomic E-state index is 11.9. The minimum absolute atomic E-state index is 0.0258. The molecule has 0 saturated carbocycles. The lowest BCUT2D eigenvalue weighted by molar-refractivity contribution is 0.0690. The number of aromatic nitrogens is 3. The van der Waals surface area contributed by atoms with E-state index < -0.39 is 5.97 Å². The van der Waals surface area contributed by atoms with Gasteiger partial charge >= 0.3 is 12.0 Å². The van der Waals surface area contributed by atoms with Gasteiger partial charge in [0.05, 0.1) is 12.7 Å². The summed E-state index contributed by atoms with van der Waals surface area (Å²) in [5.41, 5.74) is 1.60. The number of H-pyrrole nitrogens is 1. The molecular formula is C13H15N5O3. The van der Waals surface area contributed by atoms with Crippen LogP contribution >= 0.6 is 0 Å². The van der Waals surface area contributed by atoms with Gasteiger partial charge in [-0.3, -0.25) is 5.10 Å². The zero-order chi connectivity index (χ0) is 15.2. The maximum Gasteiger partial charge on any atom is 0.354 e. The van der Waals surface area contributed by atoms with Crippen molar-refractivity contribution in [3.05, 3.63) is 47.5 Å². The van der Waals surface area contributed by atoms with Gasteiger partial charge in [-0.1, -0.05) is 6.07 Å². The Labute approximate surface area is 120 Å². The number of carbonyl (C=O) groups excluding carboxylic acids is 1. The van der Waals surface area contributed by atoms with Gasteiger partial charge in [-0.25, -0.2) is 14.6 Å². The van der Waals surface area contributed by atoms with Crippen molar-refractivity contribution in [1.29, 1.82) is 0 Å². The Morgan fingerprint density at radius 2 is 2.14 bits per heavy atom. The summed E-state index contributed by atoms with van der Waals surface area (Å²) in [6.45, 7) is 0.722. The zero-order valence-electron chi connectivity index (χ0n) is 11.4. The van der Waals surface area contributed by atoms with Crippen LogP contribution < -0.4 is 5.32 Å². The molecule has 0 bridgehead atoms. The fraction of sp³-hybridized carbons (Fsp3) is 0.231. The number of carboxylic acids is 1. The third kappa shape index (κ3) is 4.03. The quantitative estimate of drug-likeness (QED) is 0.755. The second-order valence-corrected chi connectivity index (χ2v) is 4.48. The van der Waals surface area contributed by atoms with E-state index in [1.165, 1.54) is 17.2 Å². The van der Waals surface area contributed by atoms with Crippen LogP contribution in [0, 0.1) is 0 Å². The van der Waals surface area contributed by atoms with E-state index in [0.717, 1.165) is 11.1 Å². The molecular weight excluding hydrogens is 274 g/mol. The largest absolute Gasteiger partial charge is 0.477 e. The fourth-order valence-corrected chi connectivity index (χ4v) is 1.68. The summed E-state index contributed by atoms with van der Waals surface area (Å²) in [6, 6.07) is 2.78. The molecule has 0 unspecified atom stereocenters. The number of carbonyl (C=O) groups is 2. The number of urea groups is 1. The molecule has 0 fully saturated rings. The van der Waals surface area contributed by atoms with Gasteiger partial charge in [0.1, 0.15) is 5.69 Å². The average Bonchev–Trinajstić information content (AvgIpc) is 2.98. The molecule has 110 valence electrons. The van der Waals surface area contributed by atoms with E-state index in [1.807, 2.05) is 0 Å². The molecule has 0 aliphatic carbocycles. The van der Waals surface area contributed by atoms with Crippen LogP contribution in [-0.2, 0) is 13.1 Å². The highest BCUT2D eigenvalue weighted by Gasteiger charge is 2.10. The summed E-state index contributed by atoms with van der Waals surface area (Å²) < 4.78 is 0. The van der Waals surface area contributed by atoms with Crippen molar-refractivity contribution in [1.82, 2.24) is 25.4 Å². The first kappa shape index (κ1) is 14.5. The Hall–Kier alpha value is -2.90. The molecule has 0 saturated heterocycles. The molecule has 8 heteroatoms. The zero-order valence-corrected chi connectivity index (χ0v) is 11.4. The maximum absolute atomic E-state index is 11.9. The van der Waals surface area contributed by atoms with Crippen LogP contribution in [-0.4, -0.2) is 44.2 Å². The second kappa shape index (κ2) is 6.51. The summed E-state index contributed by atoms with van der Waals surface area (Å²) in [7, 11) is 1.67. The highest BCUT2D eigenvalue weighted by atomic mass is 16.4. The van der Waals surface area contributed by atoms with Gasteiger partial charge in [0.15, 0.2) is 0 Å². The highest BCUT2D eigenvalue weighted by Crippen LogP contribution is 2.02. The average molecular weight is 289 g/mol. The predicted molar refractivity (Wildman–Crippen MR) is 73.5 cm³/mol. The molecule has 2 amide bonds. The van der Waals surface area contributed by atoms with Gasteiger partial charge in [-0.05, 0) is 11.6 Å². The van der Waals surface area contributed by atoms with Crippen LogP contribution in [0.5, 0.6) is 0 Å². The van der Waals surface area contributed by atoms with Crippen molar-refractivity contribution in [2.45, 2.75) is 13.1 Å². The van der Waals surface area contributed by atoms with Crippen molar-refractivity contribution in [2.24, 2.45) is 0 Å². The molecule has 21 heavy (non-hydrogen) atoms. The number of hydrogen-bond acceptors (Lipinski definition) is 4. The summed E-state index contributed by atoms with van der Waals surface area (Å²) in [4.78, 5) is 27.9. The van der Waals surface area contributed by atoms with Crippen molar-refractivity contribution in [2.75, 3.05) is 7.05 Å². The normalized spacial score (nSPS) is 10.1. The number of aromatic amines is 1.